The van der Waals surface area contributed by atoms with E-state index in [2.05, 4.69) is 15.5 Å². The Hall–Kier alpha value is -3.22. The van der Waals surface area contributed by atoms with Gasteiger partial charge in [-0.1, -0.05) is 6.07 Å². The van der Waals surface area contributed by atoms with E-state index in [0.29, 0.717) is 36.8 Å². The van der Waals surface area contributed by atoms with Crippen molar-refractivity contribution in [1.82, 2.24) is 15.5 Å². The molecule has 0 spiro atoms. The van der Waals surface area contributed by atoms with Gasteiger partial charge in [0.2, 0.25) is 0 Å². The van der Waals surface area contributed by atoms with Crippen LogP contribution < -0.4 is 20.1 Å². The summed E-state index contributed by atoms with van der Waals surface area (Å²) in [5.41, 5.74) is 2.93. The van der Waals surface area contributed by atoms with Crippen molar-refractivity contribution in [2.24, 2.45) is 0 Å². The van der Waals surface area contributed by atoms with E-state index in [-0.39, 0.29) is 5.91 Å². The number of ether oxygens (including phenoxy) is 2. The first kappa shape index (κ1) is 18.2. The van der Waals surface area contributed by atoms with E-state index in [1.165, 1.54) is 12.8 Å². The second-order valence-electron chi connectivity index (χ2n) is 6.87. The first-order chi connectivity index (χ1) is 13.7. The van der Waals surface area contributed by atoms with Gasteiger partial charge < -0.3 is 30.4 Å². The summed E-state index contributed by atoms with van der Waals surface area (Å²) in [4.78, 5) is 15.0. The van der Waals surface area contributed by atoms with Crippen molar-refractivity contribution in [3.05, 3.63) is 59.1 Å². The van der Waals surface area contributed by atoms with Crippen molar-refractivity contribution in [3.8, 4) is 11.5 Å². The Labute approximate surface area is 164 Å². The summed E-state index contributed by atoms with van der Waals surface area (Å²) in [7, 11) is 0. The molecule has 7 heteroatoms. The second kappa shape index (κ2) is 8.21. The fraction of sp³-hybridized carbons (Fsp3) is 0.333. The molecule has 1 aromatic carbocycles. The highest BCUT2D eigenvalue weighted by atomic mass is 16.6. The molecule has 0 aromatic heterocycles. The number of rotatable bonds is 5. The molecule has 3 aliphatic rings. The van der Waals surface area contributed by atoms with Gasteiger partial charge in [-0.3, -0.25) is 4.79 Å². The van der Waals surface area contributed by atoms with Gasteiger partial charge in [-0.2, -0.15) is 0 Å². The smallest absolute Gasteiger partial charge is 0.255 e. The minimum atomic E-state index is -0.292. The molecule has 1 saturated heterocycles. The Balaban J connectivity index is 1.46. The molecule has 0 radical (unpaired) electrons. The first-order valence-electron chi connectivity index (χ1n) is 9.56. The second-order valence-corrected chi connectivity index (χ2v) is 6.87. The van der Waals surface area contributed by atoms with Crippen LogP contribution in [-0.4, -0.2) is 43.3 Å². The predicted molar refractivity (Wildman–Crippen MR) is 106 cm³/mol. The number of nitrogens with one attached hydrogen (secondary N) is 3. The van der Waals surface area contributed by atoms with Crippen LogP contribution in [0.1, 0.15) is 18.4 Å². The summed E-state index contributed by atoms with van der Waals surface area (Å²) in [6, 6.07) is 5.63. The molecule has 146 valence electrons. The molecule has 3 aliphatic heterocycles. The third-order valence-corrected chi connectivity index (χ3v) is 5.00. The largest absolute Gasteiger partial charge is 0.486 e. The number of carbonyl (C=O) groups excluding carboxylic acids is 1. The van der Waals surface area contributed by atoms with Gasteiger partial charge in [-0.15, -0.1) is 0 Å². The Morgan fingerprint density at radius 1 is 1.21 bits per heavy atom. The van der Waals surface area contributed by atoms with Crippen molar-refractivity contribution in [2.75, 3.05) is 26.3 Å². The van der Waals surface area contributed by atoms with Gasteiger partial charge in [-0.25, -0.2) is 0 Å². The Bertz CT molecular complexity index is 866. The highest BCUT2D eigenvalue weighted by molar-refractivity contribution is 6.12. The molecular weight excluding hydrogens is 356 g/mol. The summed E-state index contributed by atoms with van der Waals surface area (Å²) in [6.07, 6.45) is 9.23. The molecule has 3 N–H and O–H groups in total. The van der Waals surface area contributed by atoms with Crippen LogP contribution in [0.4, 0.5) is 0 Å². The van der Waals surface area contributed by atoms with Crippen molar-refractivity contribution < 1.29 is 14.3 Å². The number of hydrogen-bond donors (Lipinski definition) is 3. The molecule has 7 nitrogen and oxygen atoms in total. The van der Waals surface area contributed by atoms with Gasteiger partial charge in [0, 0.05) is 37.7 Å². The number of benzene rings is 1. The van der Waals surface area contributed by atoms with Crippen LogP contribution in [0.2, 0.25) is 0 Å². The maximum absolute atomic E-state index is 12.7. The van der Waals surface area contributed by atoms with Gasteiger partial charge in [0.15, 0.2) is 11.5 Å². The molecule has 1 amide bonds. The van der Waals surface area contributed by atoms with Gasteiger partial charge in [0.05, 0.1) is 11.3 Å². The van der Waals surface area contributed by atoms with Gasteiger partial charge in [0.1, 0.15) is 13.2 Å². The zero-order valence-corrected chi connectivity index (χ0v) is 15.7. The van der Waals surface area contributed by atoms with E-state index in [9.17, 15) is 4.79 Å². The van der Waals surface area contributed by atoms with Crippen LogP contribution in [0.5, 0.6) is 11.5 Å². The van der Waals surface area contributed by atoms with Crippen molar-refractivity contribution in [2.45, 2.75) is 19.4 Å². The van der Waals surface area contributed by atoms with Crippen LogP contribution in [0.15, 0.2) is 53.5 Å². The van der Waals surface area contributed by atoms with E-state index >= 15 is 0 Å². The Morgan fingerprint density at radius 2 is 2.00 bits per heavy atom. The number of dihydropyridines is 1. The molecule has 1 fully saturated rings. The van der Waals surface area contributed by atoms with Crippen LogP contribution in [0.3, 0.4) is 0 Å². The molecule has 0 aliphatic carbocycles. The zero-order chi connectivity index (χ0) is 19.3. The highest BCUT2D eigenvalue weighted by Crippen LogP contribution is 2.30. The first-order valence-corrected chi connectivity index (χ1v) is 9.56. The van der Waals surface area contributed by atoms with Crippen LogP contribution in [-0.2, 0) is 11.3 Å². The summed E-state index contributed by atoms with van der Waals surface area (Å²) in [6.45, 7) is 3.48. The average Bonchev–Trinajstić information content (AvgIpc) is 3.28. The summed E-state index contributed by atoms with van der Waals surface area (Å²) < 4.78 is 11.1. The number of carbonyl (C=O) groups is 1. The molecule has 1 aromatic rings. The highest BCUT2D eigenvalue weighted by Gasteiger charge is 2.19. The number of likely N-dealkylation sites (tertiary alicyclic amines) is 1. The van der Waals surface area contributed by atoms with Crippen molar-refractivity contribution >= 4 is 12.1 Å². The molecule has 0 saturated carbocycles. The molecule has 0 atom stereocenters. The standard InChI is InChI=1S/C21H24N4O3/c22-13-17(18-12-16(5-6-23-18)25-7-1-2-8-25)21(26)24-14-15-3-4-19-20(11-15)28-10-9-27-19/h3-6,11-13,22-23H,1-2,7-10,14H2,(H,24,26)/b18-17+,22-13?. The quantitative estimate of drug-likeness (QED) is 0.538. The molecular formula is C21H24N4O3. The van der Waals surface area contributed by atoms with E-state index in [4.69, 9.17) is 14.9 Å². The lowest BCUT2D eigenvalue weighted by molar-refractivity contribution is -0.117. The normalized spacial score (nSPS) is 19.6. The summed E-state index contributed by atoms with van der Waals surface area (Å²) in [5.74, 6) is 1.13. The third-order valence-electron chi connectivity index (χ3n) is 5.00. The maximum atomic E-state index is 12.7. The Kier molecular flexibility index (Phi) is 5.32. The summed E-state index contributed by atoms with van der Waals surface area (Å²) in [5, 5.41) is 13.7. The topological polar surface area (TPSA) is 86.7 Å². The predicted octanol–water partition coefficient (Wildman–Crippen LogP) is 2.07. The average molecular weight is 380 g/mol. The summed E-state index contributed by atoms with van der Waals surface area (Å²) >= 11 is 0. The lowest BCUT2D eigenvalue weighted by Gasteiger charge is -2.23. The number of nitrogens with zero attached hydrogens (tertiary/aromatic N) is 1. The minimum Gasteiger partial charge on any atom is -0.486 e. The number of hydrogen-bond acceptors (Lipinski definition) is 6. The minimum absolute atomic E-state index is 0.292. The molecule has 0 unspecified atom stereocenters. The van der Waals surface area contributed by atoms with Gasteiger partial charge in [0.25, 0.3) is 5.91 Å². The lowest BCUT2D eigenvalue weighted by Crippen LogP contribution is -2.29. The van der Waals surface area contributed by atoms with E-state index in [0.717, 1.165) is 36.3 Å². The molecule has 0 bridgehead atoms. The number of fused-ring (bicyclic) bond motifs is 1. The van der Waals surface area contributed by atoms with Gasteiger partial charge in [-0.05, 0) is 42.7 Å². The molecule has 28 heavy (non-hydrogen) atoms. The number of allylic oxidation sites excluding steroid dienone is 2. The molecule has 4 rings (SSSR count). The maximum Gasteiger partial charge on any atom is 0.255 e. The fourth-order valence-electron chi connectivity index (χ4n) is 3.52. The van der Waals surface area contributed by atoms with Crippen LogP contribution >= 0.6 is 0 Å². The van der Waals surface area contributed by atoms with E-state index < -0.39 is 0 Å². The monoisotopic (exact) mass is 380 g/mol. The lowest BCUT2D eigenvalue weighted by atomic mass is 10.1. The van der Waals surface area contributed by atoms with Crippen LogP contribution in [0.25, 0.3) is 0 Å². The molecule has 3 heterocycles. The Morgan fingerprint density at radius 3 is 2.79 bits per heavy atom. The van der Waals surface area contributed by atoms with Crippen LogP contribution in [0, 0.1) is 5.41 Å². The third kappa shape index (κ3) is 3.88. The van der Waals surface area contributed by atoms with Crippen molar-refractivity contribution in [3.63, 3.8) is 0 Å². The van der Waals surface area contributed by atoms with E-state index in [1.807, 2.05) is 36.6 Å². The zero-order valence-electron chi connectivity index (χ0n) is 15.7. The number of amides is 1. The van der Waals surface area contributed by atoms with Crippen molar-refractivity contribution in [1.29, 1.82) is 5.41 Å². The fourth-order valence-corrected chi connectivity index (χ4v) is 3.52. The van der Waals surface area contributed by atoms with E-state index in [1.54, 1.807) is 0 Å². The SMILES string of the molecule is N=C/C(C(=O)NCc1ccc2c(c1)OCCO2)=C1/C=C(N2CCCC2)C=CN1. The van der Waals surface area contributed by atoms with Gasteiger partial charge >= 0.3 is 0 Å².